The summed E-state index contributed by atoms with van der Waals surface area (Å²) in [5, 5.41) is 0. The van der Waals surface area contributed by atoms with Gasteiger partial charge in [0.25, 0.3) is 0 Å². The van der Waals surface area contributed by atoms with E-state index in [0.717, 1.165) is 37.7 Å². The number of allylic oxidation sites excluding steroid dienone is 2. The van der Waals surface area contributed by atoms with E-state index in [2.05, 4.69) is 73.6 Å². The van der Waals surface area contributed by atoms with Crippen molar-refractivity contribution in [1.29, 1.82) is 0 Å². The first-order valence-electron chi connectivity index (χ1n) is 19.5. The van der Waals surface area contributed by atoms with E-state index in [1.165, 1.54) is 37.5 Å². The molecule has 12 atom stereocenters. The predicted octanol–water partition coefficient (Wildman–Crippen LogP) is 9.91. The van der Waals surface area contributed by atoms with Gasteiger partial charge >= 0.3 is 11.9 Å². The van der Waals surface area contributed by atoms with Gasteiger partial charge in [0.15, 0.2) is 5.78 Å². The van der Waals surface area contributed by atoms with E-state index in [4.69, 9.17) is 9.47 Å². The topological polar surface area (TPSA) is 69.7 Å². The average Bonchev–Trinajstić information content (AvgIpc) is 3.04. The quantitative estimate of drug-likeness (QED) is 0.282. The highest BCUT2D eigenvalue weighted by molar-refractivity contribution is 5.96. The summed E-state index contributed by atoms with van der Waals surface area (Å²) < 4.78 is 11.9. The van der Waals surface area contributed by atoms with E-state index in [-0.39, 0.29) is 45.8 Å². The summed E-state index contributed by atoms with van der Waals surface area (Å²) in [5.74, 6) is 1.02. The molecule has 5 nitrogen and oxygen atoms in total. The van der Waals surface area contributed by atoms with Crippen LogP contribution in [-0.4, -0.2) is 30.9 Å². The second-order valence-corrected chi connectivity index (χ2v) is 19.1. The Morgan fingerprint density at radius 2 is 1.55 bits per heavy atom. The Bertz CT molecular complexity index is 1510. The molecule has 49 heavy (non-hydrogen) atoms. The second kappa shape index (κ2) is 12.4. The number of carbonyl (C=O) groups is 3. The van der Waals surface area contributed by atoms with Crippen molar-refractivity contribution in [2.24, 2.45) is 62.6 Å². The molecule has 5 heteroatoms. The number of ketones is 1. The molecule has 0 N–H and O–H groups in total. The monoisotopic (exact) mass is 672 g/mol. The van der Waals surface area contributed by atoms with Crippen LogP contribution in [0, 0.1) is 62.6 Å². The number of fused-ring (bicyclic) bond motifs is 7. The lowest BCUT2D eigenvalue weighted by atomic mass is 9.33. The molecular weight excluding hydrogens is 608 g/mol. The minimum atomic E-state index is -1.05. The molecule has 0 amide bonds. The predicted molar refractivity (Wildman–Crippen MR) is 195 cm³/mol. The lowest BCUT2D eigenvalue weighted by Gasteiger charge is -2.70. The molecule has 0 spiro atoms. The molecule has 270 valence electrons. The number of rotatable bonds is 6. The maximum Gasteiger partial charge on any atom is 0.315 e. The highest BCUT2D eigenvalue weighted by Crippen LogP contribution is 2.75. The van der Waals surface area contributed by atoms with E-state index in [0.29, 0.717) is 30.1 Å². The minimum Gasteiger partial charge on any atom is -0.468 e. The number of hydrogen-bond acceptors (Lipinski definition) is 5. The molecule has 0 bridgehead atoms. The van der Waals surface area contributed by atoms with Crippen molar-refractivity contribution in [3.8, 4) is 0 Å². The fourth-order valence-electron chi connectivity index (χ4n) is 12.8. The van der Waals surface area contributed by atoms with E-state index >= 15 is 0 Å². The third kappa shape index (κ3) is 5.32. The normalized spacial score (nSPS) is 43.7. The maximum atomic E-state index is 14.8. The first kappa shape index (κ1) is 36.4. The fraction of sp³-hybridized carbons (Fsp3) is 0.750. The number of benzene rings is 1. The zero-order chi connectivity index (χ0) is 35.9. The molecular formula is C44H64O5. The van der Waals surface area contributed by atoms with E-state index < -0.39 is 22.9 Å². The van der Waals surface area contributed by atoms with E-state index in [1.807, 2.05) is 26.0 Å². The Balaban J connectivity index is 1.32. The van der Waals surface area contributed by atoms with Crippen molar-refractivity contribution < 1.29 is 23.9 Å². The molecule has 5 aliphatic rings. The SMILES string of the molecule is COC(=O)[C@]1(C)[C@@H]2CC[C@]3(C)[C@H](C(=O)C=C4[C@@H]5[C@@H](C)[C@H](C)CC[C@]5(C)CC[C@]43C)[C@@]2(C)CC[C@H]1OC(=O)C(C)c1ccc(CC(C)C)cc1. The van der Waals surface area contributed by atoms with Gasteiger partial charge in [-0.05, 0) is 140 Å². The molecule has 0 radical (unpaired) electrons. The molecule has 4 saturated carbocycles. The Kier molecular flexibility index (Phi) is 9.17. The van der Waals surface area contributed by atoms with Crippen molar-refractivity contribution in [1.82, 2.24) is 0 Å². The zero-order valence-electron chi connectivity index (χ0n) is 32.4. The number of esters is 2. The van der Waals surface area contributed by atoms with Crippen molar-refractivity contribution in [3.05, 3.63) is 47.0 Å². The van der Waals surface area contributed by atoms with Gasteiger partial charge < -0.3 is 9.47 Å². The minimum absolute atomic E-state index is 0.0693. The lowest BCUT2D eigenvalue weighted by molar-refractivity contribution is -0.223. The number of ether oxygens (including phenoxy) is 2. The summed E-state index contributed by atoms with van der Waals surface area (Å²) in [7, 11) is 1.44. The maximum absolute atomic E-state index is 14.8. The van der Waals surface area contributed by atoms with Gasteiger partial charge in [-0.15, -0.1) is 0 Å². The molecule has 0 aliphatic heterocycles. The number of methoxy groups -OCH3 is 1. The fourth-order valence-corrected chi connectivity index (χ4v) is 12.8. The van der Waals surface area contributed by atoms with Gasteiger partial charge in [-0.2, -0.15) is 0 Å². The van der Waals surface area contributed by atoms with Crippen LogP contribution in [0.3, 0.4) is 0 Å². The molecule has 5 aliphatic carbocycles. The summed E-state index contributed by atoms with van der Waals surface area (Å²) in [6, 6.07) is 8.27. The van der Waals surface area contributed by atoms with Crippen molar-refractivity contribution in [2.75, 3.05) is 7.11 Å². The van der Waals surface area contributed by atoms with Gasteiger partial charge in [-0.1, -0.05) is 85.2 Å². The molecule has 0 heterocycles. The highest BCUT2D eigenvalue weighted by atomic mass is 16.6. The van der Waals surface area contributed by atoms with Crippen LogP contribution >= 0.6 is 0 Å². The van der Waals surface area contributed by atoms with Crippen LogP contribution in [0.4, 0.5) is 0 Å². The van der Waals surface area contributed by atoms with Crippen LogP contribution in [-0.2, 0) is 30.3 Å². The molecule has 6 rings (SSSR count). The van der Waals surface area contributed by atoms with Crippen molar-refractivity contribution >= 4 is 17.7 Å². The van der Waals surface area contributed by atoms with Crippen LogP contribution in [0.5, 0.6) is 0 Å². The molecule has 0 saturated heterocycles. The van der Waals surface area contributed by atoms with Crippen LogP contribution in [0.25, 0.3) is 0 Å². The Morgan fingerprint density at radius 3 is 2.18 bits per heavy atom. The van der Waals surface area contributed by atoms with Crippen LogP contribution in [0.2, 0.25) is 0 Å². The summed E-state index contributed by atoms with van der Waals surface area (Å²) in [6.07, 6.45) is 10.3. The smallest absolute Gasteiger partial charge is 0.315 e. The number of carbonyl (C=O) groups excluding carboxylic acids is 3. The molecule has 1 aromatic carbocycles. The molecule has 4 fully saturated rings. The Labute approximate surface area is 296 Å². The molecule has 1 aromatic rings. The van der Waals surface area contributed by atoms with Crippen LogP contribution in [0.15, 0.2) is 35.9 Å². The first-order valence-corrected chi connectivity index (χ1v) is 19.5. The highest BCUT2D eigenvalue weighted by Gasteiger charge is 2.72. The third-order valence-corrected chi connectivity index (χ3v) is 16.1. The van der Waals surface area contributed by atoms with Crippen molar-refractivity contribution in [2.45, 2.75) is 139 Å². The van der Waals surface area contributed by atoms with Crippen LogP contribution < -0.4 is 0 Å². The summed E-state index contributed by atoms with van der Waals surface area (Å²) in [4.78, 5) is 42.6. The van der Waals surface area contributed by atoms with Crippen molar-refractivity contribution in [3.63, 3.8) is 0 Å². The van der Waals surface area contributed by atoms with E-state index in [1.54, 1.807) is 0 Å². The van der Waals surface area contributed by atoms with Crippen LogP contribution in [0.1, 0.15) is 138 Å². The lowest BCUT2D eigenvalue weighted by Crippen LogP contribution is -2.68. The van der Waals surface area contributed by atoms with Gasteiger partial charge in [0.1, 0.15) is 11.5 Å². The second-order valence-electron chi connectivity index (χ2n) is 19.1. The zero-order valence-corrected chi connectivity index (χ0v) is 32.4. The van der Waals surface area contributed by atoms with E-state index in [9.17, 15) is 14.4 Å². The molecule has 0 aromatic heterocycles. The summed E-state index contributed by atoms with van der Waals surface area (Å²) in [5.41, 5.74) is 2.09. The summed E-state index contributed by atoms with van der Waals surface area (Å²) in [6.45, 7) is 22.8. The van der Waals surface area contributed by atoms with Gasteiger partial charge in [-0.25, -0.2) is 0 Å². The summed E-state index contributed by atoms with van der Waals surface area (Å²) >= 11 is 0. The van der Waals surface area contributed by atoms with Gasteiger partial charge in [-0.3, -0.25) is 14.4 Å². The largest absolute Gasteiger partial charge is 0.468 e. The third-order valence-electron chi connectivity index (χ3n) is 16.1. The molecule has 1 unspecified atom stereocenters. The Morgan fingerprint density at radius 1 is 0.878 bits per heavy atom. The van der Waals surface area contributed by atoms with Gasteiger partial charge in [0.05, 0.1) is 13.0 Å². The van der Waals surface area contributed by atoms with Gasteiger partial charge in [0.2, 0.25) is 0 Å². The first-order chi connectivity index (χ1) is 22.9. The van der Waals surface area contributed by atoms with Gasteiger partial charge in [0, 0.05) is 5.92 Å². The number of hydrogen-bond donors (Lipinski definition) is 0. The Hall–Kier alpha value is -2.43. The average molecular weight is 673 g/mol. The standard InChI is InChI=1S/C44H64O5/c1-26(2)24-30-12-14-31(15-13-30)29(5)38(46)49-35-18-20-41(7)34(44(35,10)39(47)48-11)17-21-43(9)37(41)33(45)25-32-36-28(4)27(3)16-19-40(36,6)22-23-42(32,43)8/h12-15,25-29,34-37H,16-24H2,1-11H3/t27-,28+,29?,34-,35-,36+,37-,40-,41+,42-,43-,44-/m1/s1.